The zero-order valence-corrected chi connectivity index (χ0v) is 19.3. The van der Waals surface area contributed by atoms with Crippen LogP contribution in [0, 0.1) is 17.0 Å². The Hall–Kier alpha value is -3.10. The number of halogens is 3. The fourth-order valence-corrected chi connectivity index (χ4v) is 4.83. The molecule has 2 aliphatic rings. The van der Waals surface area contributed by atoms with E-state index in [0.29, 0.717) is 28.8 Å². The Morgan fingerprint density at radius 2 is 1.82 bits per heavy atom. The van der Waals surface area contributed by atoms with Crippen LogP contribution in [-0.4, -0.2) is 53.3 Å². The lowest BCUT2D eigenvalue weighted by Crippen LogP contribution is -2.60. The Kier molecular flexibility index (Phi) is 6.18. The summed E-state index contributed by atoms with van der Waals surface area (Å²) in [7, 11) is 0. The maximum atomic E-state index is 14.4. The van der Waals surface area contributed by atoms with Crippen molar-refractivity contribution in [2.45, 2.75) is 25.3 Å². The number of fused-ring (bicyclic) bond motifs is 1. The fraction of sp³-hybridized carbons (Fsp3) is 0.320. The third-order valence-electron chi connectivity index (χ3n) is 6.67. The topological polar surface area (TPSA) is 82.1 Å². The molecule has 1 aromatic carbocycles. The average molecular weight is 483 g/mol. The molecule has 0 amide bonds. The Morgan fingerprint density at radius 3 is 2.56 bits per heavy atom. The third-order valence-corrected chi connectivity index (χ3v) is 6.96. The van der Waals surface area contributed by atoms with Gasteiger partial charge in [0.25, 0.3) is 0 Å². The minimum absolute atomic E-state index is 0.0440. The van der Waals surface area contributed by atoms with Gasteiger partial charge in [0.15, 0.2) is 0 Å². The number of pyridine rings is 2. The van der Waals surface area contributed by atoms with Gasteiger partial charge in [-0.05, 0) is 50.2 Å². The summed E-state index contributed by atoms with van der Waals surface area (Å²) in [6, 6.07) is 7.83. The van der Waals surface area contributed by atoms with Crippen molar-refractivity contribution in [2.75, 3.05) is 31.1 Å². The van der Waals surface area contributed by atoms with Crippen LogP contribution in [0.4, 0.5) is 14.5 Å². The molecular weight excluding hydrogens is 458 g/mol. The Labute approximate surface area is 201 Å². The first-order chi connectivity index (χ1) is 16.4. The molecule has 2 aliphatic heterocycles. The van der Waals surface area contributed by atoms with Crippen molar-refractivity contribution in [1.82, 2.24) is 14.9 Å². The number of benzene rings is 1. The van der Waals surface area contributed by atoms with Crippen LogP contribution in [0.25, 0.3) is 22.3 Å². The predicted molar refractivity (Wildman–Crippen MR) is 132 cm³/mol. The lowest BCUT2D eigenvalue weighted by Gasteiger charge is -2.47. The molecule has 0 saturated carbocycles. The third kappa shape index (κ3) is 4.23. The molecule has 2 saturated heterocycles. The van der Waals surface area contributed by atoms with Crippen molar-refractivity contribution >= 4 is 45.8 Å². The minimum atomic E-state index is -0.872. The second-order valence-corrected chi connectivity index (χ2v) is 9.21. The molecule has 0 unspecified atom stereocenters. The van der Waals surface area contributed by atoms with E-state index in [4.69, 9.17) is 22.7 Å². The number of rotatable bonds is 5. The molecule has 9 heteroatoms. The fourth-order valence-electron chi connectivity index (χ4n) is 4.66. The number of nitrogens with two attached hydrogens (primary N) is 1. The summed E-state index contributed by atoms with van der Waals surface area (Å²) in [6.45, 7) is 4.30. The van der Waals surface area contributed by atoms with Gasteiger partial charge in [0.05, 0.1) is 39.3 Å². The van der Waals surface area contributed by atoms with Crippen molar-refractivity contribution < 1.29 is 8.78 Å². The second-order valence-electron chi connectivity index (χ2n) is 8.80. The Morgan fingerprint density at radius 1 is 1.06 bits per heavy atom. The first kappa shape index (κ1) is 22.7. The van der Waals surface area contributed by atoms with Crippen LogP contribution in [0.1, 0.15) is 30.5 Å². The van der Waals surface area contributed by atoms with Gasteiger partial charge in [0, 0.05) is 42.5 Å². The van der Waals surface area contributed by atoms with Crippen molar-refractivity contribution in [3.63, 3.8) is 0 Å². The number of hydrogen-bond acceptors (Lipinski definition) is 6. The highest BCUT2D eigenvalue weighted by Crippen LogP contribution is 2.30. The number of aromatic nitrogens is 2. The number of piperidine rings is 1. The predicted octanol–water partition coefficient (Wildman–Crippen LogP) is 4.71. The molecular formula is C25H25ClF2N6. The van der Waals surface area contributed by atoms with Gasteiger partial charge in [0.2, 0.25) is 0 Å². The van der Waals surface area contributed by atoms with E-state index >= 15 is 0 Å². The Bertz CT molecular complexity index is 1280. The van der Waals surface area contributed by atoms with E-state index in [1.807, 2.05) is 12.3 Å². The van der Waals surface area contributed by atoms with Crippen molar-refractivity contribution in [1.29, 1.82) is 5.41 Å². The van der Waals surface area contributed by atoms with Crippen LogP contribution in [-0.2, 0) is 0 Å². The van der Waals surface area contributed by atoms with Gasteiger partial charge >= 0.3 is 0 Å². The molecule has 4 heterocycles. The minimum Gasteiger partial charge on any atom is -0.398 e. The quantitative estimate of drug-likeness (QED) is 0.406. The molecule has 0 radical (unpaired) electrons. The number of nitrogens with one attached hydrogen (secondary N) is 1. The lowest BCUT2D eigenvalue weighted by molar-refractivity contribution is 0.139. The SMILES string of the molecule is N=C/C(=C(\N)c1cc(Cl)c(F)cc1F)c1ccc2ncc(N3CC(N4CCCCC4)C3)cc2n1. The zero-order valence-electron chi connectivity index (χ0n) is 18.6. The van der Waals surface area contributed by atoms with E-state index in [1.54, 1.807) is 12.1 Å². The van der Waals surface area contributed by atoms with Gasteiger partial charge in [-0.15, -0.1) is 0 Å². The molecule has 2 aromatic heterocycles. The maximum Gasteiger partial charge on any atom is 0.144 e. The lowest BCUT2D eigenvalue weighted by atomic mass is 10.0. The maximum absolute atomic E-state index is 14.4. The first-order valence-corrected chi connectivity index (χ1v) is 11.7. The van der Waals surface area contributed by atoms with E-state index in [0.717, 1.165) is 31.1 Å². The van der Waals surface area contributed by atoms with Crippen LogP contribution in [0.2, 0.25) is 5.02 Å². The summed E-state index contributed by atoms with van der Waals surface area (Å²) in [5.41, 5.74) is 9.02. The van der Waals surface area contributed by atoms with Crippen LogP contribution in [0.15, 0.2) is 36.5 Å². The number of anilines is 1. The monoisotopic (exact) mass is 482 g/mol. The molecule has 6 nitrogen and oxygen atoms in total. The van der Waals surface area contributed by atoms with E-state index in [2.05, 4.69) is 19.8 Å². The highest BCUT2D eigenvalue weighted by molar-refractivity contribution is 6.31. The summed E-state index contributed by atoms with van der Waals surface area (Å²) >= 11 is 5.82. The average Bonchev–Trinajstić information content (AvgIpc) is 2.81. The largest absolute Gasteiger partial charge is 0.398 e. The van der Waals surface area contributed by atoms with Gasteiger partial charge in [-0.1, -0.05) is 18.0 Å². The van der Waals surface area contributed by atoms with Crippen LogP contribution in [0.5, 0.6) is 0 Å². The highest BCUT2D eigenvalue weighted by Gasteiger charge is 2.32. The Balaban J connectivity index is 1.43. The molecule has 3 aromatic rings. The van der Waals surface area contributed by atoms with Gasteiger partial charge < -0.3 is 16.0 Å². The van der Waals surface area contributed by atoms with Crippen molar-refractivity contribution in [3.8, 4) is 0 Å². The molecule has 0 atom stereocenters. The highest BCUT2D eigenvalue weighted by atomic mass is 35.5. The standard InChI is InChI=1S/C25H25ClF2N6/c26-19-9-17(20(27)10-21(19)28)25(30)18(11-29)22-4-5-23-24(32-22)8-15(12-31-23)34-13-16(14-34)33-6-2-1-3-7-33/h4-5,8-12,16,29H,1-3,6-7,13-14,30H2/b25-18+,29-11?. The van der Waals surface area contributed by atoms with Crippen LogP contribution >= 0.6 is 11.6 Å². The van der Waals surface area contributed by atoms with Gasteiger partial charge in [-0.25, -0.2) is 13.8 Å². The van der Waals surface area contributed by atoms with E-state index in [1.165, 1.54) is 32.4 Å². The van der Waals surface area contributed by atoms with Crippen LogP contribution < -0.4 is 10.6 Å². The summed E-state index contributed by atoms with van der Waals surface area (Å²) < 4.78 is 27.9. The van der Waals surface area contributed by atoms with Crippen LogP contribution in [0.3, 0.4) is 0 Å². The van der Waals surface area contributed by atoms with Gasteiger partial charge in [-0.2, -0.15) is 0 Å². The number of allylic oxidation sites excluding steroid dienone is 1. The number of nitrogens with zero attached hydrogens (tertiary/aromatic N) is 4. The zero-order chi connectivity index (χ0) is 23.8. The van der Waals surface area contributed by atoms with Gasteiger partial charge in [-0.3, -0.25) is 9.88 Å². The summed E-state index contributed by atoms with van der Waals surface area (Å²) in [5.74, 6) is -1.73. The molecule has 0 spiro atoms. The molecule has 0 aliphatic carbocycles. The van der Waals surface area contributed by atoms with E-state index in [-0.39, 0.29) is 21.9 Å². The summed E-state index contributed by atoms with van der Waals surface area (Å²) in [4.78, 5) is 14.1. The molecule has 176 valence electrons. The molecule has 34 heavy (non-hydrogen) atoms. The summed E-state index contributed by atoms with van der Waals surface area (Å²) in [5, 5.41) is 7.61. The molecule has 2 fully saturated rings. The number of likely N-dealkylation sites (tertiary alicyclic amines) is 1. The summed E-state index contributed by atoms with van der Waals surface area (Å²) in [6.07, 6.45) is 6.75. The molecule has 5 rings (SSSR count). The first-order valence-electron chi connectivity index (χ1n) is 11.4. The van der Waals surface area contributed by atoms with E-state index < -0.39 is 11.6 Å². The smallest absolute Gasteiger partial charge is 0.144 e. The normalized spacial score (nSPS) is 18.0. The van der Waals surface area contributed by atoms with Crippen molar-refractivity contribution in [3.05, 3.63) is 64.4 Å². The van der Waals surface area contributed by atoms with E-state index in [9.17, 15) is 8.78 Å². The number of hydrogen-bond donors (Lipinski definition) is 2. The molecule has 3 N–H and O–H groups in total. The molecule has 0 bridgehead atoms. The second kappa shape index (κ2) is 9.27. The van der Waals surface area contributed by atoms with Gasteiger partial charge in [0.1, 0.15) is 11.6 Å². The van der Waals surface area contributed by atoms with Crippen molar-refractivity contribution in [2.24, 2.45) is 5.73 Å².